The molecule has 1 aliphatic heterocycles. The van der Waals surface area contributed by atoms with Crippen LogP contribution in [-0.2, 0) is 9.53 Å². The number of amides is 1. The van der Waals surface area contributed by atoms with E-state index in [1.807, 2.05) is 24.3 Å². The van der Waals surface area contributed by atoms with Crippen molar-refractivity contribution < 1.29 is 19.4 Å². The molecule has 6 nitrogen and oxygen atoms in total. The van der Waals surface area contributed by atoms with E-state index in [4.69, 9.17) is 4.74 Å². The summed E-state index contributed by atoms with van der Waals surface area (Å²) >= 11 is 3.44. The summed E-state index contributed by atoms with van der Waals surface area (Å²) in [7, 11) is 0. The predicted octanol–water partition coefficient (Wildman–Crippen LogP) is 2.79. The highest BCUT2D eigenvalue weighted by Crippen LogP contribution is 2.28. The van der Waals surface area contributed by atoms with E-state index in [1.165, 1.54) is 0 Å². The lowest BCUT2D eigenvalue weighted by molar-refractivity contribution is -0.144. The molecule has 1 amide bonds. The highest BCUT2D eigenvalue weighted by molar-refractivity contribution is 9.10. The average Bonchev–Trinajstić information content (AvgIpc) is 2.93. The minimum atomic E-state index is -0.877. The number of fused-ring (bicyclic) bond motifs is 1. The lowest BCUT2D eigenvalue weighted by atomic mass is 9.86. The zero-order valence-electron chi connectivity index (χ0n) is 13.0. The van der Waals surface area contributed by atoms with Crippen LogP contribution in [0.5, 0.6) is 0 Å². The number of carbonyl (C=O) groups excluding carboxylic acids is 1. The Morgan fingerprint density at radius 3 is 2.71 bits per heavy atom. The molecular weight excluding hydrogens is 376 g/mol. The number of carboxylic acid groups (broad SMARTS) is 1. The van der Waals surface area contributed by atoms with Crippen LogP contribution in [0, 0.1) is 11.8 Å². The Labute approximate surface area is 147 Å². The summed E-state index contributed by atoms with van der Waals surface area (Å²) in [6.07, 6.45) is 1.42. The quantitative estimate of drug-likeness (QED) is 0.726. The van der Waals surface area contributed by atoms with Crippen molar-refractivity contribution >= 4 is 38.7 Å². The van der Waals surface area contributed by atoms with E-state index in [0.29, 0.717) is 36.2 Å². The molecule has 1 aromatic carbocycles. The third-order valence-electron chi connectivity index (χ3n) is 4.50. The number of rotatable bonds is 5. The maximum Gasteiger partial charge on any atom is 0.308 e. The topological polar surface area (TPSA) is 91.4 Å². The molecule has 7 heteroatoms. The summed E-state index contributed by atoms with van der Waals surface area (Å²) < 4.78 is 5.97. The van der Waals surface area contributed by atoms with E-state index in [9.17, 15) is 14.7 Å². The van der Waals surface area contributed by atoms with Crippen LogP contribution in [0.2, 0.25) is 0 Å². The van der Waals surface area contributed by atoms with Gasteiger partial charge in [0, 0.05) is 30.7 Å². The van der Waals surface area contributed by atoms with Gasteiger partial charge in [0.05, 0.1) is 10.4 Å². The van der Waals surface area contributed by atoms with Crippen LogP contribution in [0.25, 0.3) is 10.9 Å². The number of H-pyrrole nitrogens is 1. The lowest BCUT2D eigenvalue weighted by Gasteiger charge is -2.27. The van der Waals surface area contributed by atoms with Crippen molar-refractivity contribution in [2.45, 2.75) is 12.8 Å². The summed E-state index contributed by atoms with van der Waals surface area (Å²) in [6.45, 7) is 1.27. The predicted molar refractivity (Wildman–Crippen MR) is 93.0 cm³/mol. The number of ether oxygens (including phenoxy) is 1. The molecule has 0 saturated carbocycles. The summed E-state index contributed by atoms with van der Waals surface area (Å²) in [5.74, 6) is -1.75. The Morgan fingerprint density at radius 2 is 2.04 bits per heavy atom. The molecule has 24 heavy (non-hydrogen) atoms. The van der Waals surface area contributed by atoms with Gasteiger partial charge in [-0.1, -0.05) is 18.2 Å². The Balaban J connectivity index is 1.70. The number of para-hydroxylation sites is 1. The number of nitrogens with one attached hydrogen (secondary N) is 2. The van der Waals surface area contributed by atoms with Gasteiger partial charge in [0.1, 0.15) is 5.69 Å². The molecule has 0 aliphatic carbocycles. The molecule has 128 valence electrons. The molecule has 3 N–H and O–H groups in total. The maximum absolute atomic E-state index is 12.5. The zero-order chi connectivity index (χ0) is 17.1. The van der Waals surface area contributed by atoms with E-state index in [0.717, 1.165) is 10.9 Å². The second-order valence-electron chi connectivity index (χ2n) is 5.96. The molecule has 0 radical (unpaired) electrons. The number of benzene rings is 1. The molecule has 1 saturated heterocycles. The fourth-order valence-corrected chi connectivity index (χ4v) is 3.75. The van der Waals surface area contributed by atoms with Crippen molar-refractivity contribution in [3.63, 3.8) is 0 Å². The van der Waals surface area contributed by atoms with Crippen molar-refractivity contribution in [1.82, 2.24) is 10.3 Å². The van der Waals surface area contributed by atoms with Crippen LogP contribution in [0.3, 0.4) is 0 Å². The summed E-state index contributed by atoms with van der Waals surface area (Å²) in [5.41, 5.74) is 1.26. The smallest absolute Gasteiger partial charge is 0.308 e. The van der Waals surface area contributed by atoms with Crippen molar-refractivity contribution in [3.8, 4) is 0 Å². The highest BCUT2D eigenvalue weighted by atomic mass is 79.9. The highest BCUT2D eigenvalue weighted by Gasteiger charge is 2.30. The van der Waals surface area contributed by atoms with Crippen LogP contribution in [-0.4, -0.2) is 41.7 Å². The lowest BCUT2D eigenvalue weighted by Crippen LogP contribution is -2.39. The van der Waals surface area contributed by atoms with Crippen LogP contribution in [0.15, 0.2) is 28.7 Å². The number of aliphatic carboxylic acids is 1. The van der Waals surface area contributed by atoms with Gasteiger partial charge in [-0.05, 0) is 40.8 Å². The second-order valence-corrected chi connectivity index (χ2v) is 6.76. The fraction of sp³-hybridized carbons (Fsp3) is 0.412. The number of aromatic nitrogens is 1. The first-order chi connectivity index (χ1) is 11.6. The normalized spacial score (nSPS) is 16.9. The SMILES string of the molecule is O=C(NCC(C(=O)O)C1CCOCC1)c1[nH]c2ccccc2c1Br. The Hall–Kier alpha value is -1.86. The molecule has 2 aromatic rings. The zero-order valence-corrected chi connectivity index (χ0v) is 14.6. The minimum Gasteiger partial charge on any atom is -0.481 e. The first-order valence-corrected chi connectivity index (χ1v) is 8.72. The Morgan fingerprint density at radius 1 is 1.33 bits per heavy atom. The standard InChI is InChI=1S/C17H19BrN2O4/c18-14-11-3-1-2-4-13(11)20-15(14)16(21)19-9-12(17(22)23)10-5-7-24-8-6-10/h1-4,10,12,20H,5-9H2,(H,19,21)(H,22,23). The number of hydrogen-bond acceptors (Lipinski definition) is 3. The number of aromatic amines is 1. The van der Waals surface area contributed by atoms with Crippen molar-refractivity contribution in [2.75, 3.05) is 19.8 Å². The van der Waals surface area contributed by atoms with Gasteiger partial charge in [0.25, 0.3) is 5.91 Å². The summed E-state index contributed by atoms with van der Waals surface area (Å²) in [6, 6.07) is 7.58. The van der Waals surface area contributed by atoms with E-state index in [2.05, 4.69) is 26.2 Å². The molecule has 1 aromatic heterocycles. The maximum atomic E-state index is 12.5. The van der Waals surface area contributed by atoms with Crippen LogP contribution in [0.1, 0.15) is 23.3 Å². The van der Waals surface area contributed by atoms with Crippen molar-refractivity contribution in [3.05, 3.63) is 34.4 Å². The van der Waals surface area contributed by atoms with E-state index in [1.54, 1.807) is 0 Å². The van der Waals surface area contributed by atoms with E-state index in [-0.39, 0.29) is 18.4 Å². The Bertz CT molecular complexity index is 752. The molecule has 1 unspecified atom stereocenters. The molecule has 1 atom stereocenters. The summed E-state index contributed by atoms with van der Waals surface area (Å²) in [4.78, 5) is 27.1. The number of hydrogen-bond donors (Lipinski definition) is 3. The average molecular weight is 395 g/mol. The fourth-order valence-electron chi connectivity index (χ4n) is 3.13. The second kappa shape index (κ2) is 7.36. The van der Waals surface area contributed by atoms with Gasteiger partial charge in [-0.15, -0.1) is 0 Å². The first-order valence-electron chi connectivity index (χ1n) is 7.93. The number of carbonyl (C=O) groups is 2. The number of halogens is 1. The number of carboxylic acids is 1. The molecular formula is C17H19BrN2O4. The van der Waals surface area contributed by atoms with Gasteiger partial charge in [-0.2, -0.15) is 0 Å². The molecule has 1 aliphatic rings. The van der Waals surface area contributed by atoms with Crippen molar-refractivity contribution in [2.24, 2.45) is 11.8 Å². The van der Waals surface area contributed by atoms with E-state index < -0.39 is 11.9 Å². The van der Waals surface area contributed by atoms with Gasteiger partial charge in [-0.25, -0.2) is 0 Å². The van der Waals surface area contributed by atoms with Crippen LogP contribution < -0.4 is 5.32 Å². The first kappa shape index (κ1) is 17.0. The molecule has 0 spiro atoms. The van der Waals surface area contributed by atoms with Gasteiger partial charge in [-0.3, -0.25) is 9.59 Å². The van der Waals surface area contributed by atoms with Gasteiger partial charge in [0.15, 0.2) is 0 Å². The van der Waals surface area contributed by atoms with Crippen molar-refractivity contribution in [1.29, 1.82) is 0 Å². The molecule has 0 bridgehead atoms. The van der Waals surface area contributed by atoms with Gasteiger partial charge < -0.3 is 20.1 Å². The summed E-state index contributed by atoms with van der Waals surface area (Å²) in [5, 5.41) is 13.1. The molecule has 2 heterocycles. The minimum absolute atomic E-state index is 0.0303. The third kappa shape index (κ3) is 3.47. The largest absolute Gasteiger partial charge is 0.481 e. The molecule has 3 rings (SSSR count). The van der Waals surface area contributed by atoms with Crippen LogP contribution in [0.4, 0.5) is 0 Å². The van der Waals surface area contributed by atoms with Gasteiger partial charge in [0.2, 0.25) is 0 Å². The Kier molecular flexibility index (Phi) is 5.20. The van der Waals surface area contributed by atoms with Crippen LogP contribution >= 0.6 is 15.9 Å². The molecule has 1 fully saturated rings. The van der Waals surface area contributed by atoms with Gasteiger partial charge >= 0.3 is 5.97 Å². The third-order valence-corrected chi connectivity index (χ3v) is 5.33. The van der Waals surface area contributed by atoms with E-state index >= 15 is 0 Å². The monoisotopic (exact) mass is 394 g/mol.